The van der Waals surface area contributed by atoms with Crippen LogP contribution in [0.4, 0.5) is 0 Å². The van der Waals surface area contributed by atoms with Gasteiger partial charge in [-0.1, -0.05) is 11.6 Å². The first-order valence-electron chi connectivity index (χ1n) is 3.95. The Morgan fingerprint density at radius 1 is 1.77 bits per heavy atom. The summed E-state index contributed by atoms with van der Waals surface area (Å²) in [4.78, 5) is 11.4. The van der Waals surface area contributed by atoms with Crippen LogP contribution in [0.25, 0.3) is 0 Å². The van der Waals surface area contributed by atoms with Crippen molar-refractivity contribution in [1.29, 1.82) is 0 Å². The van der Waals surface area contributed by atoms with Crippen molar-refractivity contribution in [1.82, 2.24) is 9.78 Å². The molecule has 0 bridgehead atoms. The van der Waals surface area contributed by atoms with E-state index in [0.29, 0.717) is 17.3 Å². The average Bonchev–Trinajstić information content (AvgIpc) is 2.42. The van der Waals surface area contributed by atoms with Gasteiger partial charge in [-0.15, -0.1) is 0 Å². The highest BCUT2D eigenvalue weighted by Gasteiger charge is 2.14. The molecule has 0 fully saturated rings. The number of carbonyl (C=O) groups is 1. The van der Waals surface area contributed by atoms with Crippen molar-refractivity contribution < 1.29 is 9.53 Å². The van der Waals surface area contributed by atoms with Gasteiger partial charge in [-0.2, -0.15) is 5.10 Å². The lowest BCUT2D eigenvalue weighted by atomic mass is 10.3. The highest BCUT2D eigenvalue weighted by atomic mass is 35.5. The van der Waals surface area contributed by atoms with Crippen LogP contribution >= 0.6 is 11.6 Å². The fourth-order valence-corrected chi connectivity index (χ4v) is 1.26. The van der Waals surface area contributed by atoms with E-state index in [-0.39, 0.29) is 12.4 Å². The van der Waals surface area contributed by atoms with Crippen LogP contribution in [0.1, 0.15) is 17.4 Å². The van der Waals surface area contributed by atoms with Crippen molar-refractivity contribution in [2.45, 2.75) is 6.92 Å². The Labute approximate surface area is 81.4 Å². The van der Waals surface area contributed by atoms with Gasteiger partial charge in [0.1, 0.15) is 12.3 Å². The SMILES string of the molecule is CCOCC(=O)c1c(Cl)cnn1C. The van der Waals surface area contributed by atoms with E-state index in [1.54, 1.807) is 7.05 Å². The first-order valence-corrected chi connectivity index (χ1v) is 4.33. The number of ketones is 1. The molecule has 1 heterocycles. The Hall–Kier alpha value is -0.870. The molecule has 1 aromatic rings. The largest absolute Gasteiger partial charge is 0.374 e. The lowest BCUT2D eigenvalue weighted by molar-refractivity contribution is 0.0774. The van der Waals surface area contributed by atoms with Crippen LogP contribution < -0.4 is 0 Å². The molecule has 72 valence electrons. The molecule has 0 unspecified atom stereocenters. The molecule has 5 heteroatoms. The summed E-state index contributed by atoms with van der Waals surface area (Å²) in [6, 6.07) is 0. The third kappa shape index (κ3) is 2.29. The minimum Gasteiger partial charge on any atom is -0.374 e. The lowest BCUT2D eigenvalue weighted by Crippen LogP contribution is -2.13. The standard InChI is InChI=1S/C8H11ClN2O2/c1-3-13-5-7(12)8-6(9)4-10-11(8)2/h4H,3,5H2,1-2H3. The van der Waals surface area contributed by atoms with Gasteiger partial charge in [0.15, 0.2) is 0 Å². The molecule has 0 amide bonds. The van der Waals surface area contributed by atoms with Crippen molar-refractivity contribution in [2.24, 2.45) is 7.05 Å². The van der Waals surface area contributed by atoms with E-state index in [1.165, 1.54) is 10.9 Å². The van der Waals surface area contributed by atoms with E-state index in [2.05, 4.69) is 5.10 Å². The van der Waals surface area contributed by atoms with Crippen molar-refractivity contribution in [3.63, 3.8) is 0 Å². The van der Waals surface area contributed by atoms with E-state index in [4.69, 9.17) is 16.3 Å². The third-order valence-corrected chi connectivity index (χ3v) is 1.87. The number of carbonyl (C=O) groups excluding carboxylic acids is 1. The predicted octanol–water partition coefficient (Wildman–Crippen LogP) is 1.29. The van der Waals surface area contributed by atoms with E-state index in [1.807, 2.05) is 6.92 Å². The first kappa shape index (κ1) is 10.2. The van der Waals surface area contributed by atoms with Gasteiger partial charge in [-0.25, -0.2) is 0 Å². The number of hydrogen-bond donors (Lipinski definition) is 0. The van der Waals surface area contributed by atoms with Gasteiger partial charge in [0.05, 0.1) is 11.2 Å². The maximum atomic E-state index is 11.4. The number of nitrogens with zero attached hydrogens (tertiary/aromatic N) is 2. The number of aryl methyl sites for hydroxylation is 1. The van der Waals surface area contributed by atoms with Crippen LogP contribution in [-0.2, 0) is 11.8 Å². The first-order chi connectivity index (χ1) is 6.16. The van der Waals surface area contributed by atoms with Crippen LogP contribution in [0.3, 0.4) is 0 Å². The van der Waals surface area contributed by atoms with Gasteiger partial charge < -0.3 is 4.74 Å². The van der Waals surface area contributed by atoms with E-state index in [9.17, 15) is 4.79 Å². The zero-order valence-electron chi connectivity index (χ0n) is 7.58. The van der Waals surface area contributed by atoms with Crippen LogP contribution in [-0.4, -0.2) is 28.8 Å². The van der Waals surface area contributed by atoms with Crippen LogP contribution in [0.2, 0.25) is 5.02 Å². The Morgan fingerprint density at radius 2 is 2.46 bits per heavy atom. The topological polar surface area (TPSA) is 44.1 Å². The number of Topliss-reactive ketones (excluding diaryl/α,β-unsaturated/α-hetero) is 1. The molecule has 4 nitrogen and oxygen atoms in total. The molecule has 0 N–H and O–H groups in total. The lowest BCUT2D eigenvalue weighted by Gasteiger charge is -2.01. The maximum Gasteiger partial charge on any atom is 0.207 e. The zero-order valence-corrected chi connectivity index (χ0v) is 8.34. The Morgan fingerprint density at radius 3 is 2.92 bits per heavy atom. The number of hydrogen-bond acceptors (Lipinski definition) is 3. The average molecular weight is 203 g/mol. The van der Waals surface area contributed by atoms with Gasteiger partial charge in [0.25, 0.3) is 0 Å². The molecule has 0 atom stereocenters. The molecule has 1 rings (SSSR count). The van der Waals surface area contributed by atoms with E-state index < -0.39 is 0 Å². The molecule has 1 aromatic heterocycles. The van der Waals surface area contributed by atoms with Gasteiger partial charge in [-0.3, -0.25) is 9.48 Å². The summed E-state index contributed by atoms with van der Waals surface area (Å²) in [5, 5.41) is 4.22. The highest BCUT2D eigenvalue weighted by Crippen LogP contribution is 2.14. The molecule has 0 aromatic carbocycles. The second-order valence-electron chi connectivity index (χ2n) is 2.53. The third-order valence-electron chi connectivity index (χ3n) is 1.60. The summed E-state index contributed by atoms with van der Waals surface area (Å²) in [5.41, 5.74) is 0.398. The van der Waals surface area contributed by atoms with Gasteiger partial charge in [0, 0.05) is 13.7 Å². The summed E-state index contributed by atoms with van der Waals surface area (Å²) < 4.78 is 6.43. The summed E-state index contributed by atoms with van der Waals surface area (Å²) in [5.74, 6) is -0.146. The molecule has 0 spiro atoms. The molecule has 0 aliphatic rings. The molecule has 13 heavy (non-hydrogen) atoms. The summed E-state index contributed by atoms with van der Waals surface area (Å²) in [7, 11) is 1.67. The minimum absolute atomic E-state index is 0.0513. The van der Waals surface area contributed by atoms with Gasteiger partial charge in [0.2, 0.25) is 5.78 Å². The van der Waals surface area contributed by atoms with Crippen molar-refractivity contribution in [3.05, 3.63) is 16.9 Å². The van der Waals surface area contributed by atoms with Crippen molar-refractivity contribution in [2.75, 3.05) is 13.2 Å². The number of halogens is 1. The molecular formula is C8H11ClN2O2. The van der Waals surface area contributed by atoms with Crippen LogP contribution in [0.15, 0.2) is 6.20 Å². The van der Waals surface area contributed by atoms with Crippen molar-refractivity contribution >= 4 is 17.4 Å². The smallest absolute Gasteiger partial charge is 0.207 e. The normalized spacial score (nSPS) is 10.4. The van der Waals surface area contributed by atoms with E-state index in [0.717, 1.165) is 0 Å². The fourth-order valence-electron chi connectivity index (χ4n) is 0.988. The van der Waals surface area contributed by atoms with Crippen molar-refractivity contribution in [3.8, 4) is 0 Å². The van der Waals surface area contributed by atoms with E-state index >= 15 is 0 Å². The number of ether oxygens (including phenoxy) is 1. The Balaban J connectivity index is 2.76. The van der Waals surface area contributed by atoms with Gasteiger partial charge in [-0.05, 0) is 6.92 Å². The number of aromatic nitrogens is 2. The Bertz CT molecular complexity index is 290. The summed E-state index contributed by atoms with van der Waals surface area (Å²) in [6.45, 7) is 2.40. The van der Waals surface area contributed by atoms with Gasteiger partial charge >= 0.3 is 0 Å². The second kappa shape index (κ2) is 4.39. The molecular weight excluding hydrogens is 192 g/mol. The molecule has 0 radical (unpaired) electrons. The van der Waals surface area contributed by atoms with Crippen LogP contribution in [0.5, 0.6) is 0 Å². The quantitative estimate of drug-likeness (QED) is 0.692. The highest BCUT2D eigenvalue weighted by molar-refractivity contribution is 6.33. The maximum absolute atomic E-state index is 11.4. The zero-order chi connectivity index (χ0) is 9.84. The second-order valence-corrected chi connectivity index (χ2v) is 2.93. The minimum atomic E-state index is -0.146. The predicted molar refractivity (Wildman–Crippen MR) is 49.0 cm³/mol. The Kier molecular flexibility index (Phi) is 3.45. The fraction of sp³-hybridized carbons (Fsp3) is 0.500. The molecule has 0 saturated heterocycles. The molecule has 0 aliphatic carbocycles. The van der Waals surface area contributed by atoms with Crippen LogP contribution in [0, 0.1) is 0 Å². The molecule has 0 saturated carbocycles. The summed E-state index contributed by atoms with van der Waals surface area (Å²) >= 11 is 5.76. The monoisotopic (exact) mass is 202 g/mol. The summed E-state index contributed by atoms with van der Waals surface area (Å²) in [6.07, 6.45) is 1.45. The molecule has 0 aliphatic heterocycles. The number of rotatable bonds is 4.